The number of rotatable bonds is 7. The number of hydrogen-bond acceptors (Lipinski definition) is 5. The van der Waals surface area contributed by atoms with E-state index in [0.29, 0.717) is 18.3 Å². The monoisotopic (exact) mass is 450 g/mol. The average Bonchev–Trinajstić information content (AvgIpc) is 3.28. The largest absolute Gasteiger partial charge is 0.349 e. The molecule has 7 heteroatoms. The van der Waals surface area contributed by atoms with Crippen LogP contribution in [0.1, 0.15) is 54.8 Å². The van der Waals surface area contributed by atoms with Crippen LogP contribution in [0.25, 0.3) is 11.4 Å². The molecule has 2 aromatic carbocycles. The lowest BCUT2D eigenvalue weighted by molar-refractivity contribution is -0.127. The molecule has 0 radical (unpaired) electrons. The van der Waals surface area contributed by atoms with Gasteiger partial charge in [0.2, 0.25) is 17.6 Å². The Labute approximate surface area is 194 Å². The van der Waals surface area contributed by atoms with E-state index in [-0.39, 0.29) is 23.7 Å². The van der Waals surface area contributed by atoms with E-state index in [1.807, 2.05) is 0 Å². The van der Waals surface area contributed by atoms with E-state index in [0.717, 1.165) is 37.9 Å². The normalized spacial score (nSPS) is 16.0. The molecule has 1 unspecified atom stereocenters. The Balaban J connectivity index is 1.29. The van der Waals surface area contributed by atoms with Gasteiger partial charge >= 0.3 is 0 Å². The standard InChI is InChI=1S/C26H31FN4O2/c1-4-23(21-6-5-17(2)18(3)15-21)28-26(32)20-11-13-31(14-12-20)16-24-29-25(30-33-24)19-7-9-22(27)10-8-19/h5-10,15,20,23H,4,11-14,16H2,1-3H3,(H,28,32). The number of carbonyl (C=O) groups excluding carboxylic acids is 1. The van der Waals surface area contributed by atoms with E-state index < -0.39 is 0 Å². The van der Waals surface area contributed by atoms with Crippen molar-refractivity contribution >= 4 is 5.91 Å². The maximum Gasteiger partial charge on any atom is 0.241 e. The number of likely N-dealkylation sites (tertiary alicyclic amines) is 1. The number of aryl methyl sites for hydroxylation is 2. The van der Waals surface area contributed by atoms with Gasteiger partial charge in [-0.2, -0.15) is 4.98 Å². The van der Waals surface area contributed by atoms with Crippen LogP contribution in [0.3, 0.4) is 0 Å². The summed E-state index contributed by atoms with van der Waals surface area (Å²) in [6, 6.07) is 12.5. The number of nitrogens with one attached hydrogen (secondary N) is 1. The van der Waals surface area contributed by atoms with Crippen LogP contribution in [0.2, 0.25) is 0 Å². The van der Waals surface area contributed by atoms with Crippen molar-refractivity contribution in [3.63, 3.8) is 0 Å². The molecule has 174 valence electrons. The lowest BCUT2D eigenvalue weighted by atomic mass is 9.94. The molecule has 1 atom stereocenters. The molecule has 1 aromatic heterocycles. The van der Waals surface area contributed by atoms with Gasteiger partial charge in [0.05, 0.1) is 12.6 Å². The summed E-state index contributed by atoms with van der Waals surface area (Å²) in [4.78, 5) is 19.6. The van der Waals surface area contributed by atoms with Gasteiger partial charge < -0.3 is 9.84 Å². The summed E-state index contributed by atoms with van der Waals surface area (Å²) in [6.07, 6.45) is 2.46. The second-order valence-electron chi connectivity index (χ2n) is 8.88. The molecule has 1 aliphatic heterocycles. The van der Waals surface area contributed by atoms with Crippen molar-refractivity contribution in [3.8, 4) is 11.4 Å². The molecule has 6 nitrogen and oxygen atoms in total. The molecule has 0 spiro atoms. The summed E-state index contributed by atoms with van der Waals surface area (Å²) in [5.41, 5.74) is 4.39. The molecule has 1 aliphatic rings. The minimum atomic E-state index is -0.298. The van der Waals surface area contributed by atoms with Gasteiger partial charge in [-0.3, -0.25) is 9.69 Å². The third-order valence-electron chi connectivity index (χ3n) is 6.55. The van der Waals surface area contributed by atoms with Gasteiger partial charge in [-0.05, 0) is 87.2 Å². The average molecular weight is 451 g/mol. The number of halogens is 1. The van der Waals surface area contributed by atoms with Crippen LogP contribution in [0.15, 0.2) is 47.0 Å². The Morgan fingerprint density at radius 1 is 1.15 bits per heavy atom. The lowest BCUT2D eigenvalue weighted by Gasteiger charge is -2.31. The van der Waals surface area contributed by atoms with Crippen molar-refractivity contribution in [1.82, 2.24) is 20.4 Å². The number of amides is 1. The predicted molar refractivity (Wildman–Crippen MR) is 125 cm³/mol. The Morgan fingerprint density at radius 2 is 1.88 bits per heavy atom. The number of nitrogens with zero attached hydrogens (tertiary/aromatic N) is 3. The fourth-order valence-electron chi connectivity index (χ4n) is 4.27. The first-order valence-electron chi connectivity index (χ1n) is 11.6. The first-order valence-corrected chi connectivity index (χ1v) is 11.6. The maximum atomic E-state index is 13.1. The molecule has 0 aliphatic carbocycles. The fourth-order valence-corrected chi connectivity index (χ4v) is 4.27. The van der Waals surface area contributed by atoms with Crippen LogP contribution in [0, 0.1) is 25.6 Å². The van der Waals surface area contributed by atoms with E-state index in [9.17, 15) is 9.18 Å². The van der Waals surface area contributed by atoms with E-state index in [1.54, 1.807) is 12.1 Å². The highest BCUT2D eigenvalue weighted by Crippen LogP contribution is 2.24. The first-order chi connectivity index (χ1) is 15.9. The topological polar surface area (TPSA) is 71.3 Å². The van der Waals surface area contributed by atoms with Gasteiger partial charge in [0.25, 0.3) is 0 Å². The zero-order valence-corrected chi connectivity index (χ0v) is 19.5. The molecular weight excluding hydrogens is 419 g/mol. The molecule has 0 bridgehead atoms. The summed E-state index contributed by atoms with van der Waals surface area (Å²) in [5, 5.41) is 7.27. The summed E-state index contributed by atoms with van der Waals surface area (Å²) in [6.45, 7) is 8.45. The molecule has 0 saturated carbocycles. The molecule has 1 fully saturated rings. The van der Waals surface area contributed by atoms with Gasteiger partial charge in [0, 0.05) is 11.5 Å². The first kappa shape index (κ1) is 23.1. The highest BCUT2D eigenvalue weighted by Gasteiger charge is 2.27. The van der Waals surface area contributed by atoms with Crippen molar-refractivity contribution in [3.05, 3.63) is 70.9 Å². The summed E-state index contributed by atoms with van der Waals surface area (Å²) < 4.78 is 18.5. The van der Waals surface area contributed by atoms with Crippen LogP contribution in [-0.4, -0.2) is 34.0 Å². The molecule has 1 saturated heterocycles. The highest BCUT2D eigenvalue weighted by atomic mass is 19.1. The Hall–Kier alpha value is -3.06. The minimum absolute atomic E-state index is 0.0132. The van der Waals surface area contributed by atoms with Crippen LogP contribution < -0.4 is 5.32 Å². The van der Waals surface area contributed by atoms with Gasteiger partial charge in [-0.25, -0.2) is 4.39 Å². The van der Waals surface area contributed by atoms with E-state index >= 15 is 0 Å². The Morgan fingerprint density at radius 3 is 2.55 bits per heavy atom. The quantitative estimate of drug-likeness (QED) is 0.550. The molecule has 1 amide bonds. The van der Waals surface area contributed by atoms with Crippen molar-refractivity contribution in [2.24, 2.45) is 5.92 Å². The van der Waals surface area contributed by atoms with Crippen molar-refractivity contribution in [1.29, 1.82) is 0 Å². The van der Waals surface area contributed by atoms with Crippen LogP contribution in [-0.2, 0) is 11.3 Å². The number of piperidine rings is 1. The Bertz CT molecular complexity index is 1090. The summed E-state index contributed by atoms with van der Waals surface area (Å²) >= 11 is 0. The SMILES string of the molecule is CCC(NC(=O)C1CCN(Cc2nc(-c3ccc(F)cc3)no2)CC1)c1ccc(C)c(C)c1. The van der Waals surface area contributed by atoms with Crippen molar-refractivity contribution < 1.29 is 13.7 Å². The lowest BCUT2D eigenvalue weighted by Crippen LogP contribution is -2.41. The number of benzene rings is 2. The zero-order chi connectivity index (χ0) is 23.4. The van der Waals surface area contributed by atoms with E-state index in [4.69, 9.17) is 4.52 Å². The molecule has 33 heavy (non-hydrogen) atoms. The predicted octanol–water partition coefficient (Wildman–Crippen LogP) is 4.97. The molecular formula is C26H31FN4O2. The van der Waals surface area contributed by atoms with Gasteiger partial charge in [0.1, 0.15) is 5.82 Å². The smallest absolute Gasteiger partial charge is 0.241 e. The highest BCUT2D eigenvalue weighted by molar-refractivity contribution is 5.79. The summed E-state index contributed by atoms with van der Waals surface area (Å²) in [7, 11) is 0. The van der Waals surface area contributed by atoms with E-state index in [2.05, 4.69) is 59.3 Å². The third kappa shape index (κ3) is 5.66. The van der Waals surface area contributed by atoms with Crippen molar-refractivity contribution in [2.75, 3.05) is 13.1 Å². The third-order valence-corrected chi connectivity index (χ3v) is 6.55. The van der Waals surface area contributed by atoms with Crippen LogP contribution in [0.4, 0.5) is 4.39 Å². The van der Waals surface area contributed by atoms with Gasteiger partial charge in [-0.1, -0.05) is 30.3 Å². The Kier molecular flexibility index (Phi) is 7.18. The number of hydrogen-bond donors (Lipinski definition) is 1. The maximum absolute atomic E-state index is 13.1. The van der Waals surface area contributed by atoms with Crippen LogP contribution in [0.5, 0.6) is 0 Å². The minimum Gasteiger partial charge on any atom is -0.349 e. The molecule has 4 rings (SSSR count). The van der Waals surface area contributed by atoms with Gasteiger partial charge in [0.15, 0.2) is 0 Å². The summed E-state index contributed by atoms with van der Waals surface area (Å²) in [5.74, 6) is 0.832. The number of aromatic nitrogens is 2. The molecule has 3 aromatic rings. The number of carbonyl (C=O) groups is 1. The molecule has 1 N–H and O–H groups in total. The second kappa shape index (κ2) is 10.3. The molecule has 2 heterocycles. The van der Waals surface area contributed by atoms with Crippen molar-refractivity contribution in [2.45, 2.75) is 52.6 Å². The van der Waals surface area contributed by atoms with Gasteiger partial charge in [-0.15, -0.1) is 0 Å². The fraction of sp³-hybridized carbons (Fsp3) is 0.423. The zero-order valence-electron chi connectivity index (χ0n) is 19.5. The van der Waals surface area contributed by atoms with E-state index in [1.165, 1.54) is 28.8 Å². The second-order valence-corrected chi connectivity index (χ2v) is 8.88. The van der Waals surface area contributed by atoms with Crippen LogP contribution >= 0.6 is 0 Å².